The molecule has 27 heavy (non-hydrogen) atoms. The second-order valence-electron chi connectivity index (χ2n) is 6.17. The van der Waals surface area contributed by atoms with Crippen LogP contribution in [-0.2, 0) is 17.5 Å². The highest BCUT2D eigenvalue weighted by molar-refractivity contribution is 5.68. The molecule has 0 bridgehead atoms. The third-order valence-corrected chi connectivity index (χ3v) is 3.98. The number of aromatic amines is 1. The summed E-state index contributed by atoms with van der Waals surface area (Å²) in [7, 11) is 5.30. The van der Waals surface area contributed by atoms with Crippen molar-refractivity contribution < 1.29 is 22.6 Å². The summed E-state index contributed by atoms with van der Waals surface area (Å²) < 4.78 is 50.2. The van der Waals surface area contributed by atoms with Crippen LogP contribution in [0.4, 0.5) is 13.2 Å². The molecule has 0 atom stereocenters. The fourth-order valence-corrected chi connectivity index (χ4v) is 2.57. The van der Waals surface area contributed by atoms with Crippen LogP contribution in [0.2, 0.25) is 0 Å². The fraction of sp³-hybridized carbons (Fsp3) is 0.500. The van der Waals surface area contributed by atoms with Crippen molar-refractivity contribution in [3.8, 4) is 16.9 Å². The van der Waals surface area contributed by atoms with E-state index in [0.29, 0.717) is 30.0 Å². The van der Waals surface area contributed by atoms with E-state index in [0.717, 1.165) is 25.2 Å². The number of likely N-dealkylation sites (N-methyl/N-ethyl adjacent to an activating group) is 2. The molecular weight excluding hydrogens is 361 g/mol. The van der Waals surface area contributed by atoms with Crippen molar-refractivity contribution in [2.24, 2.45) is 0 Å². The van der Waals surface area contributed by atoms with Crippen molar-refractivity contribution in [2.45, 2.75) is 12.7 Å². The molecule has 0 saturated heterocycles. The van der Waals surface area contributed by atoms with Crippen LogP contribution in [0.5, 0.6) is 5.75 Å². The van der Waals surface area contributed by atoms with E-state index >= 15 is 0 Å². The Hall–Kier alpha value is -2.10. The van der Waals surface area contributed by atoms with Gasteiger partial charge in [0.2, 0.25) is 0 Å². The Kier molecular flexibility index (Phi) is 7.64. The number of hydrogen-bond acceptors (Lipinski definition) is 5. The minimum atomic E-state index is -4.47. The molecular formula is C18H25F3N4O2. The molecule has 2 aromatic rings. The summed E-state index contributed by atoms with van der Waals surface area (Å²) in [5, 5.41) is 10.0. The Morgan fingerprint density at radius 1 is 1.22 bits per heavy atom. The topological polar surface area (TPSA) is 62.4 Å². The highest BCUT2D eigenvalue weighted by Gasteiger charge is 2.32. The van der Waals surface area contributed by atoms with Gasteiger partial charge in [0.05, 0.1) is 17.9 Å². The Morgan fingerprint density at radius 3 is 2.67 bits per heavy atom. The molecule has 150 valence electrons. The van der Waals surface area contributed by atoms with Gasteiger partial charge in [0.25, 0.3) is 0 Å². The number of aromatic nitrogens is 2. The molecule has 0 spiro atoms. The van der Waals surface area contributed by atoms with Gasteiger partial charge in [-0.15, -0.1) is 0 Å². The number of nitrogens with one attached hydrogen (secondary N) is 2. The van der Waals surface area contributed by atoms with Gasteiger partial charge < -0.3 is 14.8 Å². The molecule has 1 heterocycles. The zero-order valence-electron chi connectivity index (χ0n) is 15.7. The van der Waals surface area contributed by atoms with Gasteiger partial charge in [-0.3, -0.25) is 10.00 Å². The number of benzene rings is 1. The van der Waals surface area contributed by atoms with Gasteiger partial charge in [-0.2, -0.15) is 18.3 Å². The minimum absolute atomic E-state index is 0.146. The van der Waals surface area contributed by atoms with Crippen LogP contribution < -0.4 is 10.1 Å². The van der Waals surface area contributed by atoms with Gasteiger partial charge in [-0.05, 0) is 37.9 Å². The third kappa shape index (κ3) is 6.23. The predicted molar refractivity (Wildman–Crippen MR) is 96.7 cm³/mol. The zero-order chi connectivity index (χ0) is 19.9. The summed E-state index contributed by atoms with van der Waals surface area (Å²) in [6.07, 6.45) is -2.86. The van der Waals surface area contributed by atoms with Crippen LogP contribution in [0, 0.1) is 0 Å². The maximum atomic E-state index is 13.3. The Balaban J connectivity index is 2.31. The molecule has 1 aromatic carbocycles. The summed E-state index contributed by atoms with van der Waals surface area (Å²) in [5.74, 6) is 0.146. The van der Waals surface area contributed by atoms with Crippen LogP contribution in [0.1, 0.15) is 11.3 Å². The zero-order valence-corrected chi connectivity index (χ0v) is 15.7. The average molecular weight is 386 g/mol. The van der Waals surface area contributed by atoms with Gasteiger partial charge in [0.1, 0.15) is 12.4 Å². The molecule has 0 amide bonds. The van der Waals surface area contributed by atoms with Crippen molar-refractivity contribution in [1.29, 1.82) is 0 Å². The normalized spacial score (nSPS) is 12.0. The van der Waals surface area contributed by atoms with Crippen LogP contribution in [0.25, 0.3) is 11.1 Å². The van der Waals surface area contributed by atoms with Crippen LogP contribution in [0.3, 0.4) is 0 Å². The quantitative estimate of drug-likeness (QED) is 0.615. The molecule has 2 N–H and O–H groups in total. The van der Waals surface area contributed by atoms with Crippen LogP contribution >= 0.6 is 0 Å². The summed E-state index contributed by atoms with van der Waals surface area (Å²) >= 11 is 0. The van der Waals surface area contributed by atoms with Crippen LogP contribution in [0.15, 0.2) is 24.4 Å². The molecule has 0 aliphatic heterocycles. The van der Waals surface area contributed by atoms with E-state index in [4.69, 9.17) is 9.47 Å². The fourth-order valence-electron chi connectivity index (χ4n) is 2.57. The summed E-state index contributed by atoms with van der Waals surface area (Å²) in [6.45, 7) is 2.56. The van der Waals surface area contributed by atoms with E-state index in [9.17, 15) is 13.2 Å². The minimum Gasteiger partial charge on any atom is -0.491 e. The van der Waals surface area contributed by atoms with E-state index in [1.165, 1.54) is 7.11 Å². The monoisotopic (exact) mass is 386 g/mol. The van der Waals surface area contributed by atoms with Gasteiger partial charge in [-0.1, -0.05) is 0 Å². The lowest BCUT2D eigenvalue weighted by Crippen LogP contribution is -2.27. The molecule has 6 nitrogen and oxygen atoms in total. The van der Waals surface area contributed by atoms with Gasteiger partial charge in [0.15, 0.2) is 0 Å². The first-order valence-corrected chi connectivity index (χ1v) is 8.55. The first-order valence-electron chi connectivity index (χ1n) is 8.55. The Bertz CT molecular complexity index is 719. The number of hydrogen-bond donors (Lipinski definition) is 2. The number of rotatable bonds is 10. The largest absolute Gasteiger partial charge is 0.491 e. The first kappa shape index (κ1) is 21.2. The van der Waals surface area contributed by atoms with Crippen molar-refractivity contribution in [2.75, 3.05) is 47.5 Å². The average Bonchev–Trinajstić information content (AvgIpc) is 3.07. The smallest absolute Gasteiger partial charge is 0.416 e. The number of methoxy groups -OCH3 is 1. The molecule has 0 aliphatic rings. The van der Waals surface area contributed by atoms with Gasteiger partial charge in [-0.25, -0.2) is 0 Å². The molecule has 1 aromatic heterocycles. The number of nitrogens with zero attached hydrogens (tertiary/aromatic N) is 2. The molecule has 0 aliphatic carbocycles. The van der Waals surface area contributed by atoms with Gasteiger partial charge in [0, 0.05) is 38.5 Å². The highest BCUT2D eigenvalue weighted by Crippen LogP contribution is 2.36. The predicted octanol–water partition coefficient (Wildman–Crippen LogP) is 2.77. The lowest BCUT2D eigenvalue weighted by atomic mass is 10.0. The van der Waals surface area contributed by atoms with E-state index in [1.807, 2.05) is 19.0 Å². The van der Waals surface area contributed by atoms with Crippen LogP contribution in [-0.4, -0.2) is 62.6 Å². The SMILES string of the molecule is CNCCN(C)Cc1n[nH]cc1-c1cc(OCCOC)cc(C(F)(F)F)c1. The maximum absolute atomic E-state index is 13.3. The first-order chi connectivity index (χ1) is 12.8. The van der Waals surface area contributed by atoms with Crippen molar-refractivity contribution in [3.63, 3.8) is 0 Å². The number of alkyl halides is 3. The number of halogens is 3. The highest BCUT2D eigenvalue weighted by atomic mass is 19.4. The summed E-state index contributed by atoms with van der Waals surface area (Å²) in [6, 6.07) is 3.70. The molecule has 0 fully saturated rings. The molecule has 0 radical (unpaired) electrons. The Morgan fingerprint density at radius 2 is 2.00 bits per heavy atom. The second kappa shape index (κ2) is 9.72. The molecule has 0 saturated carbocycles. The van der Waals surface area contributed by atoms with Gasteiger partial charge >= 0.3 is 6.18 Å². The molecule has 0 unspecified atom stereocenters. The molecule has 9 heteroatoms. The molecule has 2 rings (SSSR count). The second-order valence-corrected chi connectivity index (χ2v) is 6.17. The maximum Gasteiger partial charge on any atom is 0.416 e. The summed E-state index contributed by atoms with van der Waals surface area (Å²) in [4.78, 5) is 2.04. The van der Waals surface area contributed by atoms with Crippen molar-refractivity contribution in [3.05, 3.63) is 35.7 Å². The van der Waals surface area contributed by atoms with E-state index < -0.39 is 11.7 Å². The third-order valence-electron chi connectivity index (χ3n) is 3.98. The lowest BCUT2D eigenvalue weighted by molar-refractivity contribution is -0.137. The van der Waals surface area contributed by atoms with Crippen molar-refractivity contribution >= 4 is 0 Å². The number of ether oxygens (including phenoxy) is 2. The van der Waals surface area contributed by atoms with Crippen molar-refractivity contribution in [1.82, 2.24) is 20.4 Å². The van der Waals surface area contributed by atoms with E-state index in [2.05, 4.69) is 15.5 Å². The lowest BCUT2D eigenvalue weighted by Gasteiger charge is -2.17. The number of H-pyrrole nitrogens is 1. The Labute approximate surface area is 156 Å². The van der Waals surface area contributed by atoms with E-state index in [1.54, 1.807) is 12.3 Å². The van der Waals surface area contributed by atoms with E-state index in [-0.39, 0.29) is 12.4 Å². The summed E-state index contributed by atoms with van der Waals surface area (Å²) in [5.41, 5.74) is 0.941. The standard InChI is InChI=1S/C18H25F3N4O2/c1-22-4-5-25(2)12-17-16(11-23-24-17)13-8-14(18(19,20)21)10-15(9-13)27-7-6-26-3/h8-11,22H,4-7,12H2,1-3H3,(H,23,24).